The van der Waals surface area contributed by atoms with Crippen LogP contribution in [0.5, 0.6) is 11.5 Å². The number of hydrogen-bond acceptors (Lipinski definition) is 4. The molecule has 1 N–H and O–H groups in total. The molecule has 0 heterocycles. The van der Waals surface area contributed by atoms with E-state index in [4.69, 9.17) is 9.47 Å². The highest BCUT2D eigenvalue weighted by atomic mass is 79.9. The van der Waals surface area contributed by atoms with E-state index in [0.717, 1.165) is 22.2 Å². The third kappa shape index (κ3) is 6.63. The molecule has 0 aromatic heterocycles. The van der Waals surface area contributed by atoms with Crippen LogP contribution < -0.4 is 14.8 Å². The second-order valence-corrected chi connectivity index (χ2v) is 7.31. The van der Waals surface area contributed by atoms with E-state index in [0.29, 0.717) is 23.8 Å². The number of amides is 1. The Hall–Kier alpha value is -1.66. The van der Waals surface area contributed by atoms with Crippen molar-refractivity contribution in [2.75, 3.05) is 26.5 Å². The molecular formula is C19H22BrNO3S. The largest absolute Gasteiger partial charge is 0.493 e. The third-order valence-corrected chi connectivity index (χ3v) is 5.07. The molecule has 2 aromatic carbocycles. The summed E-state index contributed by atoms with van der Waals surface area (Å²) in [5, 5.41) is 2.95. The summed E-state index contributed by atoms with van der Waals surface area (Å²) in [4.78, 5) is 11.9. The van der Waals surface area contributed by atoms with Crippen LogP contribution in [0.1, 0.15) is 11.1 Å². The van der Waals surface area contributed by atoms with Gasteiger partial charge in [0.25, 0.3) is 0 Å². The second kappa shape index (κ2) is 10.4. The van der Waals surface area contributed by atoms with E-state index in [1.165, 1.54) is 5.56 Å². The first-order chi connectivity index (χ1) is 12.1. The lowest BCUT2D eigenvalue weighted by Crippen LogP contribution is -2.27. The molecule has 0 saturated heterocycles. The van der Waals surface area contributed by atoms with Crippen LogP contribution in [0.3, 0.4) is 0 Å². The number of carbonyl (C=O) groups excluding carboxylic acids is 1. The molecule has 2 rings (SSSR count). The van der Waals surface area contributed by atoms with Gasteiger partial charge in [0.15, 0.2) is 11.5 Å². The molecule has 0 aliphatic carbocycles. The summed E-state index contributed by atoms with van der Waals surface area (Å²) in [6.07, 6.45) is 0.752. The van der Waals surface area contributed by atoms with Crippen molar-refractivity contribution in [3.63, 3.8) is 0 Å². The van der Waals surface area contributed by atoms with Gasteiger partial charge in [0.2, 0.25) is 5.91 Å². The van der Waals surface area contributed by atoms with Crippen LogP contribution in [0.4, 0.5) is 0 Å². The van der Waals surface area contributed by atoms with Gasteiger partial charge >= 0.3 is 0 Å². The molecule has 0 unspecified atom stereocenters. The fourth-order valence-corrected chi connectivity index (χ4v) is 3.57. The summed E-state index contributed by atoms with van der Waals surface area (Å²) in [5.74, 6) is 2.75. The lowest BCUT2D eigenvalue weighted by Gasteiger charge is -2.10. The fourth-order valence-electron chi connectivity index (χ4n) is 2.32. The van der Waals surface area contributed by atoms with Gasteiger partial charge in [-0.1, -0.05) is 34.1 Å². The highest BCUT2D eigenvalue weighted by molar-refractivity contribution is 9.10. The summed E-state index contributed by atoms with van der Waals surface area (Å²) in [7, 11) is 3.23. The SMILES string of the molecule is COc1ccc(CCNC(=O)CSCc2cccc(Br)c2)cc1OC. The van der Waals surface area contributed by atoms with Gasteiger partial charge in [-0.05, 0) is 41.8 Å². The van der Waals surface area contributed by atoms with Crippen LogP contribution in [-0.4, -0.2) is 32.4 Å². The van der Waals surface area contributed by atoms with Gasteiger partial charge in [-0.15, -0.1) is 11.8 Å². The highest BCUT2D eigenvalue weighted by Crippen LogP contribution is 2.27. The van der Waals surface area contributed by atoms with Crippen molar-refractivity contribution in [1.29, 1.82) is 0 Å². The maximum absolute atomic E-state index is 11.9. The first-order valence-corrected chi connectivity index (χ1v) is 9.87. The molecule has 0 aliphatic heterocycles. The van der Waals surface area contributed by atoms with E-state index in [9.17, 15) is 4.79 Å². The number of halogens is 1. The average Bonchev–Trinajstić information content (AvgIpc) is 2.61. The predicted molar refractivity (Wildman–Crippen MR) is 107 cm³/mol. The molecule has 0 atom stereocenters. The van der Waals surface area contributed by atoms with E-state index >= 15 is 0 Å². The van der Waals surface area contributed by atoms with Crippen LogP contribution in [-0.2, 0) is 17.0 Å². The van der Waals surface area contributed by atoms with Gasteiger partial charge in [0.05, 0.1) is 20.0 Å². The molecule has 0 spiro atoms. The number of thioether (sulfide) groups is 1. The Bertz CT molecular complexity index is 709. The summed E-state index contributed by atoms with van der Waals surface area (Å²) in [6.45, 7) is 0.603. The average molecular weight is 424 g/mol. The van der Waals surface area contributed by atoms with E-state index in [-0.39, 0.29) is 5.91 Å². The normalized spacial score (nSPS) is 10.4. The van der Waals surface area contributed by atoms with Crippen molar-refractivity contribution in [3.05, 3.63) is 58.1 Å². The van der Waals surface area contributed by atoms with Crippen molar-refractivity contribution < 1.29 is 14.3 Å². The number of methoxy groups -OCH3 is 2. The number of ether oxygens (including phenoxy) is 2. The fraction of sp³-hybridized carbons (Fsp3) is 0.316. The number of carbonyl (C=O) groups is 1. The smallest absolute Gasteiger partial charge is 0.230 e. The highest BCUT2D eigenvalue weighted by Gasteiger charge is 2.06. The summed E-state index contributed by atoms with van der Waals surface area (Å²) >= 11 is 5.06. The Morgan fingerprint density at radius 1 is 1.08 bits per heavy atom. The van der Waals surface area contributed by atoms with E-state index < -0.39 is 0 Å². The van der Waals surface area contributed by atoms with Crippen LogP contribution in [0.2, 0.25) is 0 Å². The minimum atomic E-state index is 0.0560. The summed E-state index contributed by atoms with van der Waals surface area (Å²) in [5.41, 5.74) is 2.30. The minimum Gasteiger partial charge on any atom is -0.493 e. The van der Waals surface area contributed by atoms with Crippen molar-refractivity contribution in [2.45, 2.75) is 12.2 Å². The Morgan fingerprint density at radius 2 is 1.88 bits per heavy atom. The molecule has 1 amide bonds. The number of nitrogens with one attached hydrogen (secondary N) is 1. The van der Waals surface area contributed by atoms with E-state index in [1.54, 1.807) is 26.0 Å². The lowest BCUT2D eigenvalue weighted by molar-refractivity contribution is -0.118. The zero-order chi connectivity index (χ0) is 18.1. The van der Waals surface area contributed by atoms with Gasteiger partial charge in [0, 0.05) is 16.8 Å². The monoisotopic (exact) mass is 423 g/mol. The Kier molecular flexibility index (Phi) is 8.15. The molecule has 134 valence electrons. The third-order valence-electron chi connectivity index (χ3n) is 3.57. The molecular weight excluding hydrogens is 402 g/mol. The molecule has 25 heavy (non-hydrogen) atoms. The Balaban J connectivity index is 1.70. The van der Waals surface area contributed by atoms with Crippen LogP contribution in [0, 0.1) is 0 Å². The van der Waals surface area contributed by atoms with Gasteiger partial charge in [-0.3, -0.25) is 4.79 Å². The predicted octanol–water partition coefficient (Wildman–Crippen LogP) is 4.06. The topological polar surface area (TPSA) is 47.6 Å². The molecule has 6 heteroatoms. The minimum absolute atomic E-state index is 0.0560. The van der Waals surface area contributed by atoms with Crippen molar-refractivity contribution in [3.8, 4) is 11.5 Å². The second-order valence-electron chi connectivity index (χ2n) is 5.41. The number of hydrogen-bond donors (Lipinski definition) is 1. The maximum Gasteiger partial charge on any atom is 0.230 e. The first kappa shape index (κ1) is 19.7. The Labute approximate surface area is 161 Å². The molecule has 0 bridgehead atoms. The number of benzene rings is 2. The van der Waals surface area contributed by atoms with Gasteiger partial charge in [0.1, 0.15) is 0 Å². The zero-order valence-electron chi connectivity index (χ0n) is 14.4. The first-order valence-electron chi connectivity index (χ1n) is 7.92. The summed E-state index contributed by atoms with van der Waals surface area (Å²) < 4.78 is 11.6. The molecule has 2 aromatic rings. The van der Waals surface area contributed by atoms with E-state index in [1.807, 2.05) is 30.3 Å². The van der Waals surface area contributed by atoms with Crippen molar-refractivity contribution in [2.24, 2.45) is 0 Å². The van der Waals surface area contributed by atoms with E-state index in [2.05, 4.69) is 33.4 Å². The molecule has 0 saturated carbocycles. The van der Waals surface area contributed by atoms with Crippen LogP contribution in [0.25, 0.3) is 0 Å². The van der Waals surface area contributed by atoms with Gasteiger partial charge < -0.3 is 14.8 Å². The molecule has 0 radical (unpaired) electrons. The summed E-state index contributed by atoms with van der Waals surface area (Å²) in [6, 6.07) is 13.9. The van der Waals surface area contributed by atoms with Crippen LogP contribution >= 0.6 is 27.7 Å². The molecule has 0 aliphatic rings. The molecule has 4 nitrogen and oxygen atoms in total. The lowest BCUT2D eigenvalue weighted by atomic mass is 10.1. The van der Waals surface area contributed by atoms with Gasteiger partial charge in [-0.2, -0.15) is 0 Å². The van der Waals surface area contributed by atoms with Gasteiger partial charge in [-0.25, -0.2) is 0 Å². The van der Waals surface area contributed by atoms with Crippen molar-refractivity contribution >= 4 is 33.6 Å². The quantitative estimate of drug-likeness (QED) is 0.660. The van der Waals surface area contributed by atoms with Crippen molar-refractivity contribution in [1.82, 2.24) is 5.32 Å². The molecule has 0 fully saturated rings. The zero-order valence-corrected chi connectivity index (χ0v) is 16.8. The Morgan fingerprint density at radius 3 is 2.60 bits per heavy atom. The maximum atomic E-state index is 11.9. The standard InChI is InChI=1S/C19H22BrNO3S/c1-23-17-7-6-14(11-18(17)24-2)8-9-21-19(22)13-25-12-15-4-3-5-16(20)10-15/h3-7,10-11H,8-9,12-13H2,1-2H3,(H,21,22). The number of rotatable bonds is 9. The van der Waals surface area contributed by atoms with Crippen LogP contribution in [0.15, 0.2) is 46.9 Å².